The highest BCUT2D eigenvalue weighted by molar-refractivity contribution is 6.17. The molecule has 17 heavy (non-hydrogen) atoms. The highest BCUT2D eigenvalue weighted by Crippen LogP contribution is 2.29. The molecule has 0 spiro atoms. The predicted molar refractivity (Wildman–Crippen MR) is 67.0 cm³/mol. The van der Waals surface area contributed by atoms with Crippen LogP contribution in [-0.2, 0) is 10.6 Å². The summed E-state index contributed by atoms with van der Waals surface area (Å²) in [5, 5.41) is 0. The molecular formula is C13H17ClO3. The van der Waals surface area contributed by atoms with Crippen LogP contribution in [0.15, 0.2) is 18.2 Å². The summed E-state index contributed by atoms with van der Waals surface area (Å²) in [5.41, 5.74) is 1.03. The largest absolute Gasteiger partial charge is 0.493 e. The molecule has 1 fully saturated rings. The smallest absolute Gasteiger partial charge is 0.161 e. The molecule has 1 aliphatic rings. The Labute approximate surface area is 107 Å². The van der Waals surface area contributed by atoms with Gasteiger partial charge in [0.05, 0.1) is 20.3 Å². The number of hydrogen-bond donors (Lipinski definition) is 0. The van der Waals surface area contributed by atoms with Crippen LogP contribution in [0.4, 0.5) is 0 Å². The first-order valence-electron chi connectivity index (χ1n) is 5.77. The van der Waals surface area contributed by atoms with Gasteiger partial charge in [-0.25, -0.2) is 0 Å². The van der Waals surface area contributed by atoms with Crippen LogP contribution in [0.5, 0.6) is 11.5 Å². The second-order valence-electron chi connectivity index (χ2n) is 4.16. The molecule has 0 amide bonds. The van der Waals surface area contributed by atoms with Crippen molar-refractivity contribution in [3.63, 3.8) is 0 Å². The molecule has 3 nitrogen and oxygen atoms in total. The normalized spacial score (nSPS) is 19.3. The van der Waals surface area contributed by atoms with Crippen LogP contribution >= 0.6 is 11.6 Å². The third-order valence-corrected chi connectivity index (χ3v) is 3.19. The lowest BCUT2D eigenvalue weighted by Gasteiger charge is -2.14. The summed E-state index contributed by atoms with van der Waals surface area (Å²) >= 11 is 5.81. The summed E-state index contributed by atoms with van der Waals surface area (Å²) in [6, 6.07) is 5.76. The Morgan fingerprint density at radius 3 is 2.94 bits per heavy atom. The van der Waals surface area contributed by atoms with Gasteiger partial charge in [-0.15, -0.1) is 11.6 Å². The Hall–Kier alpha value is -0.930. The summed E-state index contributed by atoms with van der Waals surface area (Å²) in [6.45, 7) is 2.30. The Balaban J connectivity index is 2.01. The zero-order valence-corrected chi connectivity index (χ0v) is 10.7. The Morgan fingerprint density at radius 1 is 1.41 bits per heavy atom. The molecule has 0 bridgehead atoms. The van der Waals surface area contributed by atoms with Crippen molar-refractivity contribution in [2.75, 3.05) is 26.9 Å². The molecule has 0 N–H and O–H groups in total. The number of benzene rings is 1. The van der Waals surface area contributed by atoms with Crippen LogP contribution in [0.25, 0.3) is 0 Å². The molecule has 1 aromatic carbocycles. The lowest BCUT2D eigenvalue weighted by atomic mass is 10.1. The number of ether oxygens (including phenoxy) is 3. The number of rotatable bonds is 5. The average molecular weight is 257 g/mol. The predicted octanol–water partition coefficient (Wildman–Crippen LogP) is 2.85. The summed E-state index contributed by atoms with van der Waals surface area (Å²) in [5.74, 6) is 2.47. The summed E-state index contributed by atoms with van der Waals surface area (Å²) in [4.78, 5) is 0. The van der Waals surface area contributed by atoms with Gasteiger partial charge in [0.25, 0.3) is 0 Å². The van der Waals surface area contributed by atoms with E-state index < -0.39 is 0 Å². The highest BCUT2D eigenvalue weighted by Gasteiger charge is 2.17. The van der Waals surface area contributed by atoms with E-state index >= 15 is 0 Å². The minimum absolute atomic E-state index is 0.479. The molecule has 0 aliphatic carbocycles. The minimum atomic E-state index is 0.479. The van der Waals surface area contributed by atoms with Gasteiger partial charge in [-0.1, -0.05) is 6.07 Å². The van der Waals surface area contributed by atoms with E-state index in [1.807, 2.05) is 18.2 Å². The van der Waals surface area contributed by atoms with Crippen LogP contribution in [0.3, 0.4) is 0 Å². The van der Waals surface area contributed by atoms with Gasteiger partial charge in [0, 0.05) is 18.4 Å². The minimum Gasteiger partial charge on any atom is -0.493 e. The molecule has 1 aliphatic heterocycles. The molecule has 94 valence electrons. The Kier molecular flexibility index (Phi) is 4.51. The van der Waals surface area contributed by atoms with Gasteiger partial charge in [-0.3, -0.25) is 0 Å². The average Bonchev–Trinajstić information content (AvgIpc) is 2.89. The Bertz CT molecular complexity index is 362. The van der Waals surface area contributed by atoms with E-state index in [0.717, 1.165) is 36.7 Å². The maximum absolute atomic E-state index is 5.81. The Morgan fingerprint density at radius 2 is 2.29 bits per heavy atom. The lowest BCUT2D eigenvalue weighted by molar-refractivity contribution is 0.165. The zero-order valence-electron chi connectivity index (χ0n) is 9.95. The fourth-order valence-electron chi connectivity index (χ4n) is 1.84. The maximum atomic E-state index is 5.81. The summed E-state index contributed by atoms with van der Waals surface area (Å²) in [7, 11) is 1.64. The molecule has 1 atom stereocenters. The lowest BCUT2D eigenvalue weighted by Crippen LogP contribution is -2.12. The molecule has 2 rings (SSSR count). The molecule has 0 radical (unpaired) electrons. The second-order valence-corrected chi connectivity index (χ2v) is 4.43. The van der Waals surface area contributed by atoms with Gasteiger partial charge < -0.3 is 14.2 Å². The molecule has 4 heteroatoms. The highest BCUT2D eigenvalue weighted by atomic mass is 35.5. The second kappa shape index (κ2) is 6.12. The molecule has 0 saturated carbocycles. The van der Waals surface area contributed by atoms with Gasteiger partial charge in [0.1, 0.15) is 0 Å². The van der Waals surface area contributed by atoms with Crippen molar-refractivity contribution in [3.05, 3.63) is 23.8 Å². The van der Waals surface area contributed by atoms with Crippen molar-refractivity contribution in [2.24, 2.45) is 5.92 Å². The molecular weight excluding hydrogens is 240 g/mol. The first kappa shape index (κ1) is 12.5. The first-order valence-corrected chi connectivity index (χ1v) is 6.30. The van der Waals surface area contributed by atoms with E-state index in [0.29, 0.717) is 18.4 Å². The third kappa shape index (κ3) is 3.27. The van der Waals surface area contributed by atoms with Crippen molar-refractivity contribution in [3.8, 4) is 11.5 Å². The molecule has 0 aromatic heterocycles. The maximum Gasteiger partial charge on any atom is 0.161 e. The quantitative estimate of drug-likeness (QED) is 0.759. The van der Waals surface area contributed by atoms with Crippen LogP contribution < -0.4 is 9.47 Å². The topological polar surface area (TPSA) is 27.7 Å². The van der Waals surface area contributed by atoms with Crippen molar-refractivity contribution in [1.29, 1.82) is 0 Å². The van der Waals surface area contributed by atoms with Crippen LogP contribution in [-0.4, -0.2) is 26.9 Å². The van der Waals surface area contributed by atoms with E-state index in [1.165, 1.54) is 0 Å². The van der Waals surface area contributed by atoms with Crippen molar-refractivity contribution in [2.45, 2.75) is 12.3 Å². The molecule has 1 aromatic rings. The van der Waals surface area contributed by atoms with Gasteiger partial charge in [0.15, 0.2) is 11.5 Å². The first-order chi connectivity index (χ1) is 8.33. The number of halogens is 1. The van der Waals surface area contributed by atoms with Crippen LogP contribution in [0.2, 0.25) is 0 Å². The van der Waals surface area contributed by atoms with E-state index in [4.69, 9.17) is 25.8 Å². The monoisotopic (exact) mass is 256 g/mol. The van der Waals surface area contributed by atoms with E-state index in [2.05, 4.69) is 0 Å². The van der Waals surface area contributed by atoms with Crippen molar-refractivity contribution >= 4 is 11.6 Å². The standard InChI is InChI=1S/C13H17ClO3/c1-15-12-3-2-10(7-14)6-13(12)17-9-11-4-5-16-8-11/h2-3,6,11H,4-5,7-9H2,1H3. The van der Waals surface area contributed by atoms with Gasteiger partial charge in [-0.05, 0) is 24.1 Å². The van der Waals surface area contributed by atoms with Gasteiger partial charge in [-0.2, -0.15) is 0 Å². The van der Waals surface area contributed by atoms with E-state index in [-0.39, 0.29) is 0 Å². The van der Waals surface area contributed by atoms with Crippen LogP contribution in [0.1, 0.15) is 12.0 Å². The van der Waals surface area contributed by atoms with Crippen molar-refractivity contribution in [1.82, 2.24) is 0 Å². The third-order valence-electron chi connectivity index (χ3n) is 2.88. The molecule has 1 unspecified atom stereocenters. The van der Waals surface area contributed by atoms with Gasteiger partial charge in [0.2, 0.25) is 0 Å². The van der Waals surface area contributed by atoms with E-state index in [1.54, 1.807) is 7.11 Å². The number of alkyl halides is 1. The van der Waals surface area contributed by atoms with Gasteiger partial charge >= 0.3 is 0 Å². The molecule has 1 heterocycles. The zero-order chi connectivity index (χ0) is 12.1. The van der Waals surface area contributed by atoms with Crippen LogP contribution in [0, 0.1) is 5.92 Å². The SMILES string of the molecule is COc1ccc(CCl)cc1OCC1CCOC1. The fourth-order valence-corrected chi connectivity index (χ4v) is 2.01. The molecule has 1 saturated heterocycles. The summed E-state index contributed by atoms with van der Waals surface area (Å²) in [6.07, 6.45) is 1.07. The van der Waals surface area contributed by atoms with Crippen molar-refractivity contribution < 1.29 is 14.2 Å². The number of methoxy groups -OCH3 is 1. The summed E-state index contributed by atoms with van der Waals surface area (Å²) < 4.78 is 16.4. The fraction of sp³-hybridized carbons (Fsp3) is 0.538. The van der Waals surface area contributed by atoms with E-state index in [9.17, 15) is 0 Å². The number of hydrogen-bond acceptors (Lipinski definition) is 3.